The number of nitrogens with zero attached hydrogens (tertiary/aromatic N) is 1. The number of aryl methyl sites for hydroxylation is 1. The molecule has 1 amide bonds. The number of fused-ring (bicyclic) bond motifs is 4. The molecule has 2 aromatic rings. The van der Waals surface area contributed by atoms with E-state index in [9.17, 15) is 4.79 Å². The highest BCUT2D eigenvalue weighted by Crippen LogP contribution is 2.60. The van der Waals surface area contributed by atoms with Crippen LogP contribution in [-0.2, 0) is 10.3 Å². The van der Waals surface area contributed by atoms with Crippen LogP contribution < -0.4 is 5.32 Å². The van der Waals surface area contributed by atoms with Gasteiger partial charge in [0, 0.05) is 34.8 Å². The standard InChI is InChI=1S/C21H22N2OS/c1-13-7-9-15(10-8-13)19-14(2)21(23-12-25-11-18(19)23)16-5-3-4-6-17(16)22-20(21)24/h3-10,14,18-19H,11-12H2,1-2H3,(H,22,24)/t14-,18+,19+,21+/m0/s1. The van der Waals surface area contributed by atoms with Crippen LogP contribution in [0.2, 0.25) is 0 Å². The van der Waals surface area contributed by atoms with E-state index in [0.717, 1.165) is 22.9 Å². The van der Waals surface area contributed by atoms with Crippen LogP contribution in [-0.4, -0.2) is 28.5 Å². The molecule has 4 atom stereocenters. The molecule has 0 radical (unpaired) electrons. The number of thioether (sulfide) groups is 1. The average Bonchev–Trinajstić information content (AvgIpc) is 3.24. The number of anilines is 1. The van der Waals surface area contributed by atoms with Crippen molar-refractivity contribution in [2.75, 3.05) is 16.9 Å². The molecular formula is C21H22N2OS. The molecular weight excluding hydrogens is 328 g/mol. The summed E-state index contributed by atoms with van der Waals surface area (Å²) in [6, 6.07) is 17.6. The summed E-state index contributed by atoms with van der Waals surface area (Å²) >= 11 is 1.95. The fraction of sp³-hybridized carbons (Fsp3) is 0.381. The number of nitrogens with one attached hydrogen (secondary N) is 1. The summed E-state index contributed by atoms with van der Waals surface area (Å²) < 4.78 is 0. The highest BCUT2D eigenvalue weighted by atomic mass is 32.2. The van der Waals surface area contributed by atoms with E-state index in [1.165, 1.54) is 11.1 Å². The van der Waals surface area contributed by atoms with Crippen molar-refractivity contribution in [3.05, 3.63) is 65.2 Å². The van der Waals surface area contributed by atoms with Crippen LogP contribution in [0.1, 0.15) is 29.5 Å². The molecule has 4 heteroatoms. The Morgan fingerprint density at radius 3 is 2.72 bits per heavy atom. The maximum atomic E-state index is 13.3. The third-order valence-corrected chi connectivity index (χ3v) is 7.42. The Bertz CT molecular complexity index is 849. The molecule has 2 fully saturated rings. The van der Waals surface area contributed by atoms with Crippen LogP contribution in [0, 0.1) is 12.8 Å². The van der Waals surface area contributed by atoms with Gasteiger partial charge in [0.25, 0.3) is 0 Å². The molecule has 0 unspecified atom stereocenters. The van der Waals surface area contributed by atoms with Crippen molar-refractivity contribution in [3.63, 3.8) is 0 Å². The lowest BCUT2D eigenvalue weighted by molar-refractivity contribution is -0.127. The number of carbonyl (C=O) groups excluding carboxylic acids is 1. The van der Waals surface area contributed by atoms with Crippen molar-refractivity contribution in [1.29, 1.82) is 0 Å². The van der Waals surface area contributed by atoms with Crippen LogP contribution in [0.25, 0.3) is 0 Å². The lowest BCUT2D eigenvalue weighted by Gasteiger charge is -2.35. The Balaban J connectivity index is 1.69. The van der Waals surface area contributed by atoms with Gasteiger partial charge in [-0.15, -0.1) is 11.8 Å². The topological polar surface area (TPSA) is 32.3 Å². The van der Waals surface area contributed by atoms with E-state index >= 15 is 0 Å². The van der Waals surface area contributed by atoms with Gasteiger partial charge in [0.2, 0.25) is 5.91 Å². The molecule has 2 aromatic carbocycles. The van der Waals surface area contributed by atoms with Crippen molar-refractivity contribution in [2.24, 2.45) is 5.92 Å². The van der Waals surface area contributed by atoms with Crippen LogP contribution in [0.4, 0.5) is 5.69 Å². The summed E-state index contributed by atoms with van der Waals surface area (Å²) in [4.78, 5) is 15.8. The third kappa shape index (κ3) is 1.90. The lowest BCUT2D eigenvalue weighted by Crippen LogP contribution is -2.50. The summed E-state index contributed by atoms with van der Waals surface area (Å²) in [5.74, 6) is 2.81. The second-order valence-electron chi connectivity index (χ2n) is 7.53. The van der Waals surface area contributed by atoms with E-state index in [-0.39, 0.29) is 11.8 Å². The van der Waals surface area contributed by atoms with E-state index in [0.29, 0.717) is 12.0 Å². The quantitative estimate of drug-likeness (QED) is 0.845. The van der Waals surface area contributed by atoms with Crippen molar-refractivity contribution < 1.29 is 4.79 Å². The van der Waals surface area contributed by atoms with E-state index in [1.807, 2.05) is 23.9 Å². The Hall–Kier alpha value is -1.78. The fourth-order valence-corrected chi connectivity index (χ4v) is 6.60. The fourth-order valence-electron chi connectivity index (χ4n) is 5.27. The van der Waals surface area contributed by atoms with Crippen LogP contribution >= 0.6 is 11.8 Å². The molecule has 5 rings (SSSR count). The molecule has 0 aliphatic carbocycles. The Morgan fingerprint density at radius 1 is 1.16 bits per heavy atom. The summed E-state index contributed by atoms with van der Waals surface area (Å²) in [5, 5.41) is 3.16. The largest absolute Gasteiger partial charge is 0.324 e. The first-order valence-corrected chi connectivity index (χ1v) is 10.1. The van der Waals surface area contributed by atoms with Crippen molar-refractivity contribution in [1.82, 2.24) is 4.90 Å². The number of benzene rings is 2. The van der Waals surface area contributed by atoms with Gasteiger partial charge in [0.15, 0.2) is 0 Å². The molecule has 0 aromatic heterocycles. The normalized spacial score (nSPS) is 33.5. The van der Waals surface area contributed by atoms with Gasteiger partial charge in [-0.05, 0) is 24.5 Å². The van der Waals surface area contributed by atoms with Gasteiger partial charge in [-0.25, -0.2) is 0 Å². The van der Waals surface area contributed by atoms with Crippen molar-refractivity contribution in [2.45, 2.75) is 31.3 Å². The number of rotatable bonds is 1. The van der Waals surface area contributed by atoms with Crippen molar-refractivity contribution in [3.8, 4) is 0 Å². The zero-order valence-corrected chi connectivity index (χ0v) is 15.3. The SMILES string of the molecule is Cc1ccc([C@@H]2[C@H]3CSCN3[C@]3(C(=O)Nc4ccccc43)[C@H]2C)cc1. The molecule has 3 heterocycles. The second-order valence-corrected chi connectivity index (χ2v) is 8.53. The summed E-state index contributed by atoms with van der Waals surface area (Å²) in [5.41, 5.74) is 4.27. The molecule has 1 N–H and O–H groups in total. The molecule has 0 saturated carbocycles. The lowest BCUT2D eigenvalue weighted by atomic mass is 9.74. The number of hydrogen-bond acceptors (Lipinski definition) is 3. The Kier molecular flexibility index (Phi) is 3.32. The Labute approximate surface area is 152 Å². The summed E-state index contributed by atoms with van der Waals surface area (Å²) in [7, 11) is 0. The zero-order valence-electron chi connectivity index (χ0n) is 14.5. The average molecular weight is 350 g/mol. The minimum absolute atomic E-state index is 0.156. The molecule has 2 saturated heterocycles. The van der Waals surface area contributed by atoms with Gasteiger partial charge in [0.1, 0.15) is 5.54 Å². The first-order valence-electron chi connectivity index (χ1n) is 8.96. The van der Waals surface area contributed by atoms with Gasteiger partial charge >= 0.3 is 0 Å². The third-order valence-electron chi connectivity index (χ3n) is 6.38. The number of hydrogen-bond donors (Lipinski definition) is 1. The first kappa shape index (κ1) is 15.5. The zero-order chi connectivity index (χ0) is 17.2. The molecule has 1 spiro atoms. The van der Waals surface area contributed by atoms with Gasteiger partial charge in [-0.2, -0.15) is 0 Å². The molecule has 3 nitrogen and oxygen atoms in total. The van der Waals surface area contributed by atoms with Gasteiger partial charge < -0.3 is 5.32 Å². The number of carbonyl (C=O) groups is 1. The van der Waals surface area contributed by atoms with E-state index in [4.69, 9.17) is 0 Å². The van der Waals surface area contributed by atoms with Crippen LogP contribution in [0.3, 0.4) is 0 Å². The number of para-hydroxylation sites is 1. The first-order chi connectivity index (χ1) is 12.1. The minimum Gasteiger partial charge on any atom is -0.324 e. The molecule has 25 heavy (non-hydrogen) atoms. The maximum Gasteiger partial charge on any atom is 0.249 e. The molecule has 3 aliphatic heterocycles. The summed E-state index contributed by atoms with van der Waals surface area (Å²) in [6.45, 7) is 4.40. The smallest absolute Gasteiger partial charge is 0.249 e. The second kappa shape index (κ2) is 5.36. The monoisotopic (exact) mass is 350 g/mol. The van der Waals surface area contributed by atoms with Crippen LogP contribution in [0.5, 0.6) is 0 Å². The highest BCUT2D eigenvalue weighted by molar-refractivity contribution is 7.99. The number of amides is 1. The van der Waals surface area contributed by atoms with Crippen molar-refractivity contribution >= 4 is 23.4 Å². The van der Waals surface area contributed by atoms with E-state index < -0.39 is 5.54 Å². The maximum absolute atomic E-state index is 13.3. The molecule has 3 aliphatic rings. The highest BCUT2D eigenvalue weighted by Gasteiger charge is 2.65. The minimum atomic E-state index is -0.527. The van der Waals surface area contributed by atoms with E-state index in [2.05, 4.69) is 60.5 Å². The van der Waals surface area contributed by atoms with Crippen LogP contribution in [0.15, 0.2) is 48.5 Å². The van der Waals surface area contributed by atoms with E-state index in [1.54, 1.807) is 0 Å². The molecule has 0 bridgehead atoms. The van der Waals surface area contributed by atoms with Gasteiger partial charge in [0.05, 0.1) is 0 Å². The van der Waals surface area contributed by atoms with Gasteiger partial charge in [-0.1, -0.05) is 55.0 Å². The predicted molar refractivity (Wildman–Crippen MR) is 103 cm³/mol. The predicted octanol–water partition coefficient (Wildman–Crippen LogP) is 3.95. The Morgan fingerprint density at radius 2 is 1.92 bits per heavy atom. The van der Waals surface area contributed by atoms with Gasteiger partial charge in [-0.3, -0.25) is 9.69 Å². The molecule has 128 valence electrons. The summed E-state index contributed by atoms with van der Waals surface area (Å²) in [6.07, 6.45) is 0.